The number of pyridine rings is 2. The van der Waals surface area contributed by atoms with Gasteiger partial charge in [0.25, 0.3) is 0 Å². The molecule has 1 saturated carbocycles. The van der Waals surface area contributed by atoms with Gasteiger partial charge in [-0.15, -0.1) is 0 Å². The number of hydrogen-bond donors (Lipinski definition) is 2. The molecule has 0 spiro atoms. The number of carbonyl (C=O) groups excluding carboxylic acids is 1. The van der Waals surface area contributed by atoms with Gasteiger partial charge < -0.3 is 10.6 Å². The highest BCUT2D eigenvalue weighted by Crippen LogP contribution is 2.31. The average molecular weight is 282 g/mol. The third kappa shape index (κ3) is 2.72. The first-order valence-corrected chi connectivity index (χ1v) is 7.13. The van der Waals surface area contributed by atoms with Gasteiger partial charge in [-0.2, -0.15) is 0 Å². The minimum Gasteiger partial charge on any atom is -0.373 e. The molecule has 5 heteroatoms. The Bertz CT molecular complexity index is 720. The summed E-state index contributed by atoms with van der Waals surface area (Å²) in [4.78, 5) is 20.6. The van der Waals surface area contributed by atoms with E-state index >= 15 is 0 Å². The number of aromatic nitrogens is 2. The Hall–Kier alpha value is -2.43. The second-order valence-electron chi connectivity index (χ2n) is 5.19. The van der Waals surface area contributed by atoms with Gasteiger partial charge in [0.05, 0.1) is 0 Å². The minimum atomic E-state index is 0.0670. The van der Waals surface area contributed by atoms with E-state index in [1.807, 2.05) is 38.4 Å². The molecule has 0 atom stereocenters. The van der Waals surface area contributed by atoms with Crippen molar-refractivity contribution >= 4 is 34.4 Å². The van der Waals surface area contributed by atoms with E-state index in [1.165, 1.54) is 0 Å². The van der Waals surface area contributed by atoms with Crippen LogP contribution in [0.25, 0.3) is 16.8 Å². The van der Waals surface area contributed by atoms with Crippen molar-refractivity contribution in [3.05, 3.63) is 30.1 Å². The average Bonchev–Trinajstić information content (AvgIpc) is 3.32. The van der Waals surface area contributed by atoms with Crippen molar-refractivity contribution in [1.82, 2.24) is 9.97 Å². The van der Waals surface area contributed by atoms with Crippen molar-refractivity contribution in [1.29, 1.82) is 0 Å². The zero-order valence-electron chi connectivity index (χ0n) is 12.2. The normalized spacial score (nSPS) is 14.6. The summed E-state index contributed by atoms with van der Waals surface area (Å²) in [6, 6.07) is 1.91. The van der Waals surface area contributed by atoms with E-state index in [-0.39, 0.29) is 11.8 Å². The number of fused-ring (bicyclic) bond motifs is 1. The second kappa shape index (κ2) is 5.52. The summed E-state index contributed by atoms with van der Waals surface area (Å²) in [5.74, 6) is 1.62. The fraction of sp³-hybridized carbons (Fsp3) is 0.312. The number of amides is 1. The van der Waals surface area contributed by atoms with E-state index in [9.17, 15) is 4.79 Å². The number of allylic oxidation sites excluding steroid dienone is 1. The standard InChI is InChI=1S/C16H18N4O/c1-3-4-11-8-19-15(17-2)13-9-18-14(7-12(11)13)20-16(21)10-5-6-10/h3-4,7-10H,5-6H2,1-2H3,(H,17,19)(H,18,20,21)/b4-3+. The predicted molar refractivity (Wildman–Crippen MR) is 85.1 cm³/mol. The van der Waals surface area contributed by atoms with Crippen LogP contribution in [0.15, 0.2) is 24.5 Å². The maximum Gasteiger partial charge on any atom is 0.228 e. The van der Waals surface area contributed by atoms with E-state index in [2.05, 4.69) is 20.6 Å². The molecule has 5 nitrogen and oxygen atoms in total. The van der Waals surface area contributed by atoms with E-state index in [1.54, 1.807) is 6.20 Å². The smallest absolute Gasteiger partial charge is 0.228 e. The Morgan fingerprint density at radius 3 is 2.76 bits per heavy atom. The molecule has 2 aromatic heterocycles. The van der Waals surface area contributed by atoms with E-state index in [0.717, 1.165) is 35.0 Å². The van der Waals surface area contributed by atoms with Gasteiger partial charge in [0.1, 0.15) is 11.6 Å². The molecule has 2 N–H and O–H groups in total. The number of nitrogens with zero attached hydrogens (tertiary/aromatic N) is 2. The van der Waals surface area contributed by atoms with Gasteiger partial charge in [0, 0.05) is 36.3 Å². The van der Waals surface area contributed by atoms with Crippen molar-refractivity contribution in [2.75, 3.05) is 17.7 Å². The van der Waals surface area contributed by atoms with Crippen molar-refractivity contribution < 1.29 is 4.79 Å². The van der Waals surface area contributed by atoms with Crippen LogP contribution in [0.1, 0.15) is 25.3 Å². The number of nitrogens with one attached hydrogen (secondary N) is 2. The lowest BCUT2D eigenvalue weighted by atomic mass is 10.1. The molecule has 1 aliphatic rings. The first kappa shape index (κ1) is 13.5. The molecule has 0 unspecified atom stereocenters. The summed E-state index contributed by atoms with van der Waals surface area (Å²) >= 11 is 0. The molecular weight excluding hydrogens is 264 g/mol. The van der Waals surface area contributed by atoms with Crippen molar-refractivity contribution in [2.24, 2.45) is 5.92 Å². The molecule has 2 aromatic rings. The van der Waals surface area contributed by atoms with E-state index in [4.69, 9.17) is 0 Å². The van der Waals surface area contributed by atoms with Gasteiger partial charge >= 0.3 is 0 Å². The monoisotopic (exact) mass is 282 g/mol. The lowest BCUT2D eigenvalue weighted by Gasteiger charge is -2.10. The van der Waals surface area contributed by atoms with Crippen LogP contribution in [0.5, 0.6) is 0 Å². The highest BCUT2D eigenvalue weighted by molar-refractivity contribution is 6.00. The summed E-state index contributed by atoms with van der Waals surface area (Å²) in [5.41, 5.74) is 1.01. The number of carbonyl (C=O) groups is 1. The third-order valence-electron chi connectivity index (χ3n) is 3.59. The lowest BCUT2D eigenvalue weighted by Crippen LogP contribution is -2.14. The quantitative estimate of drug-likeness (QED) is 0.904. The summed E-state index contributed by atoms with van der Waals surface area (Å²) < 4.78 is 0. The SMILES string of the molecule is C/C=C/c1cnc(NC)c2cnc(NC(=O)C3CC3)cc12. The van der Waals surface area contributed by atoms with Crippen LogP contribution in [-0.2, 0) is 4.79 Å². The molecule has 0 aliphatic heterocycles. The molecule has 1 amide bonds. The van der Waals surface area contributed by atoms with Crippen molar-refractivity contribution in [3.8, 4) is 0 Å². The number of rotatable bonds is 4. The molecule has 2 heterocycles. The summed E-state index contributed by atoms with van der Waals surface area (Å²) in [6.45, 7) is 1.97. The van der Waals surface area contributed by atoms with Gasteiger partial charge in [0.15, 0.2) is 0 Å². The molecule has 3 rings (SSSR count). The zero-order chi connectivity index (χ0) is 14.8. The predicted octanol–water partition coefficient (Wildman–Crippen LogP) is 3.05. The molecule has 21 heavy (non-hydrogen) atoms. The van der Waals surface area contributed by atoms with Gasteiger partial charge in [-0.1, -0.05) is 12.2 Å². The Balaban J connectivity index is 2.04. The van der Waals surface area contributed by atoms with Crippen LogP contribution >= 0.6 is 0 Å². The Morgan fingerprint density at radius 2 is 2.10 bits per heavy atom. The molecule has 0 bridgehead atoms. The fourth-order valence-electron chi connectivity index (χ4n) is 2.31. The summed E-state index contributed by atoms with van der Waals surface area (Å²) in [6.07, 6.45) is 9.51. The van der Waals surface area contributed by atoms with Gasteiger partial charge in [-0.3, -0.25) is 4.79 Å². The van der Waals surface area contributed by atoms with E-state index < -0.39 is 0 Å². The molecule has 0 aromatic carbocycles. The highest BCUT2D eigenvalue weighted by Gasteiger charge is 2.29. The Morgan fingerprint density at radius 1 is 1.29 bits per heavy atom. The first-order chi connectivity index (χ1) is 10.2. The molecule has 108 valence electrons. The second-order valence-corrected chi connectivity index (χ2v) is 5.19. The fourth-order valence-corrected chi connectivity index (χ4v) is 2.31. The van der Waals surface area contributed by atoms with E-state index in [0.29, 0.717) is 5.82 Å². The van der Waals surface area contributed by atoms with Crippen LogP contribution in [0.3, 0.4) is 0 Å². The number of anilines is 2. The molecule has 0 radical (unpaired) electrons. The Kier molecular flexibility index (Phi) is 3.56. The highest BCUT2D eigenvalue weighted by atomic mass is 16.2. The zero-order valence-corrected chi connectivity index (χ0v) is 12.2. The topological polar surface area (TPSA) is 66.9 Å². The van der Waals surface area contributed by atoms with Crippen LogP contribution in [0.2, 0.25) is 0 Å². The number of hydrogen-bond acceptors (Lipinski definition) is 4. The van der Waals surface area contributed by atoms with Crippen LogP contribution in [0.4, 0.5) is 11.6 Å². The molecule has 1 aliphatic carbocycles. The third-order valence-corrected chi connectivity index (χ3v) is 3.59. The first-order valence-electron chi connectivity index (χ1n) is 7.13. The molecule has 0 saturated heterocycles. The largest absolute Gasteiger partial charge is 0.373 e. The van der Waals surface area contributed by atoms with Crippen LogP contribution in [-0.4, -0.2) is 22.9 Å². The minimum absolute atomic E-state index is 0.0670. The summed E-state index contributed by atoms with van der Waals surface area (Å²) in [5, 5.41) is 7.92. The van der Waals surface area contributed by atoms with Gasteiger partial charge in [0.2, 0.25) is 5.91 Å². The van der Waals surface area contributed by atoms with Crippen LogP contribution < -0.4 is 10.6 Å². The van der Waals surface area contributed by atoms with Gasteiger partial charge in [-0.05, 0) is 31.2 Å². The lowest BCUT2D eigenvalue weighted by molar-refractivity contribution is -0.117. The molecular formula is C16H18N4O. The maximum atomic E-state index is 11.9. The van der Waals surface area contributed by atoms with Crippen molar-refractivity contribution in [2.45, 2.75) is 19.8 Å². The van der Waals surface area contributed by atoms with Gasteiger partial charge in [-0.25, -0.2) is 9.97 Å². The molecule has 1 fully saturated rings. The summed E-state index contributed by atoms with van der Waals surface area (Å²) in [7, 11) is 1.83. The van der Waals surface area contributed by atoms with Crippen molar-refractivity contribution in [3.63, 3.8) is 0 Å². The maximum absolute atomic E-state index is 11.9. The Labute approximate surface area is 123 Å². The van der Waals surface area contributed by atoms with Crippen LogP contribution in [0, 0.1) is 5.92 Å².